The van der Waals surface area contributed by atoms with Crippen molar-refractivity contribution < 1.29 is 0 Å². The van der Waals surface area contributed by atoms with Crippen molar-refractivity contribution in [2.75, 3.05) is 0 Å². The van der Waals surface area contributed by atoms with Gasteiger partial charge >= 0.3 is 0 Å². The van der Waals surface area contributed by atoms with Crippen molar-refractivity contribution in [3.63, 3.8) is 0 Å². The standard InChI is InChI=1S/C38H31N3S/c1-2-11-24(12-3-1)25-13-10-14-26(21-25)37-29-17-4-7-18-32(29)39-38(40-37)41-33-19-8-5-15-27(33)30-23-36-31(22-34(30)41)28-16-6-9-20-35(28)42-36/h2,4-16,18-23,29,37-40H,1,3,17H2. The van der Waals surface area contributed by atoms with Gasteiger partial charge in [-0.25, -0.2) is 0 Å². The van der Waals surface area contributed by atoms with Crippen LogP contribution in [0.2, 0.25) is 0 Å². The Kier molecular flexibility index (Phi) is 5.53. The number of aromatic nitrogens is 1. The van der Waals surface area contributed by atoms with E-state index in [9.17, 15) is 0 Å². The second kappa shape index (κ2) is 9.59. The van der Waals surface area contributed by atoms with Gasteiger partial charge in [0.15, 0.2) is 6.29 Å². The first-order valence-electron chi connectivity index (χ1n) is 15.0. The third-order valence-electron chi connectivity index (χ3n) is 9.29. The van der Waals surface area contributed by atoms with Gasteiger partial charge in [-0.1, -0.05) is 85.0 Å². The summed E-state index contributed by atoms with van der Waals surface area (Å²) in [7, 11) is 0. The van der Waals surface area contributed by atoms with Crippen LogP contribution in [-0.4, -0.2) is 4.57 Å². The molecule has 0 bridgehead atoms. The fraction of sp³-hybridized carbons (Fsp3) is 0.158. The topological polar surface area (TPSA) is 29.0 Å². The van der Waals surface area contributed by atoms with Gasteiger partial charge in [0.2, 0.25) is 0 Å². The molecule has 3 unspecified atom stereocenters. The maximum atomic E-state index is 4.11. The molecule has 3 heterocycles. The maximum Gasteiger partial charge on any atom is 0.160 e. The smallest absolute Gasteiger partial charge is 0.160 e. The summed E-state index contributed by atoms with van der Waals surface area (Å²) in [6.07, 6.45) is 16.9. The molecule has 0 spiro atoms. The summed E-state index contributed by atoms with van der Waals surface area (Å²) in [6.45, 7) is 0. The van der Waals surface area contributed by atoms with Crippen LogP contribution in [0, 0.1) is 5.92 Å². The highest BCUT2D eigenvalue weighted by atomic mass is 32.1. The average Bonchev–Trinajstić information content (AvgIpc) is 3.58. The summed E-state index contributed by atoms with van der Waals surface area (Å²) in [5.41, 5.74) is 7.80. The number of benzene rings is 4. The predicted octanol–water partition coefficient (Wildman–Crippen LogP) is 9.75. The van der Waals surface area contributed by atoms with Crippen LogP contribution in [0.15, 0.2) is 127 Å². The van der Waals surface area contributed by atoms with Crippen molar-refractivity contribution in [3.05, 3.63) is 138 Å². The lowest BCUT2D eigenvalue weighted by Gasteiger charge is -2.42. The second-order valence-electron chi connectivity index (χ2n) is 11.7. The third kappa shape index (κ3) is 3.76. The van der Waals surface area contributed by atoms with E-state index in [1.54, 1.807) is 0 Å². The average molecular weight is 562 g/mol. The highest BCUT2D eigenvalue weighted by molar-refractivity contribution is 7.25. The molecule has 2 aliphatic carbocycles. The van der Waals surface area contributed by atoms with Crippen molar-refractivity contribution in [2.45, 2.75) is 31.6 Å². The molecule has 3 nitrogen and oxygen atoms in total. The first-order chi connectivity index (χ1) is 20.8. The quantitative estimate of drug-likeness (QED) is 0.225. The molecule has 0 saturated carbocycles. The van der Waals surface area contributed by atoms with Crippen LogP contribution in [0.1, 0.15) is 42.7 Å². The van der Waals surface area contributed by atoms with Crippen molar-refractivity contribution in [1.82, 2.24) is 15.2 Å². The number of hydrogen-bond donors (Lipinski definition) is 2. The highest BCUT2D eigenvalue weighted by Gasteiger charge is 2.36. The summed E-state index contributed by atoms with van der Waals surface area (Å²) in [4.78, 5) is 0. The van der Waals surface area contributed by atoms with Crippen LogP contribution in [0.25, 0.3) is 47.6 Å². The molecule has 2 N–H and O–H groups in total. The van der Waals surface area contributed by atoms with Gasteiger partial charge in [0, 0.05) is 48.6 Å². The molecule has 1 saturated heterocycles. The van der Waals surface area contributed by atoms with E-state index in [2.05, 4.69) is 137 Å². The van der Waals surface area contributed by atoms with Crippen LogP contribution >= 0.6 is 11.3 Å². The number of para-hydroxylation sites is 1. The molecular weight excluding hydrogens is 531 g/mol. The van der Waals surface area contributed by atoms with E-state index in [0.717, 1.165) is 19.3 Å². The highest BCUT2D eigenvalue weighted by Crippen LogP contribution is 2.43. The zero-order valence-electron chi connectivity index (χ0n) is 23.3. The Balaban J connectivity index is 1.22. The molecule has 4 heteroatoms. The Hall–Kier alpha value is -4.38. The van der Waals surface area contributed by atoms with Crippen LogP contribution in [0.4, 0.5) is 0 Å². The van der Waals surface area contributed by atoms with Crippen molar-refractivity contribution in [3.8, 4) is 0 Å². The number of fused-ring (bicyclic) bond motifs is 7. The molecule has 0 radical (unpaired) electrons. The second-order valence-corrected chi connectivity index (χ2v) is 12.8. The molecule has 2 aromatic heterocycles. The van der Waals surface area contributed by atoms with Crippen molar-refractivity contribution in [1.29, 1.82) is 0 Å². The summed E-state index contributed by atoms with van der Waals surface area (Å²) in [5, 5.41) is 13.3. The number of nitrogens with zero attached hydrogens (tertiary/aromatic N) is 1. The monoisotopic (exact) mass is 561 g/mol. The molecule has 1 fully saturated rings. The van der Waals surface area contributed by atoms with Gasteiger partial charge in [0.05, 0.1) is 11.0 Å². The summed E-state index contributed by atoms with van der Waals surface area (Å²) < 4.78 is 5.18. The molecule has 9 rings (SSSR count). The van der Waals surface area contributed by atoms with E-state index in [-0.39, 0.29) is 12.3 Å². The van der Waals surface area contributed by atoms with E-state index in [1.807, 2.05) is 11.3 Å². The molecule has 3 aliphatic rings. The van der Waals surface area contributed by atoms with E-state index >= 15 is 0 Å². The molecule has 0 amide bonds. The molecule has 204 valence electrons. The summed E-state index contributed by atoms with van der Waals surface area (Å²) in [6, 6.07) is 31.9. The Labute approximate surface area is 249 Å². The number of thiophene rings is 1. The zero-order chi connectivity index (χ0) is 27.6. The Morgan fingerprint density at radius 1 is 0.738 bits per heavy atom. The first kappa shape index (κ1) is 24.2. The van der Waals surface area contributed by atoms with Crippen LogP contribution in [0.3, 0.4) is 0 Å². The summed E-state index contributed by atoms with van der Waals surface area (Å²) >= 11 is 1.89. The van der Waals surface area contributed by atoms with E-state index in [0.29, 0.717) is 5.92 Å². The number of nitrogens with one attached hydrogen (secondary N) is 2. The predicted molar refractivity (Wildman–Crippen MR) is 179 cm³/mol. The van der Waals surface area contributed by atoms with Gasteiger partial charge in [-0.05, 0) is 72.4 Å². The van der Waals surface area contributed by atoms with E-state index < -0.39 is 0 Å². The number of rotatable bonds is 3. The summed E-state index contributed by atoms with van der Waals surface area (Å²) in [5.74, 6) is 0.359. The van der Waals surface area contributed by atoms with E-state index in [4.69, 9.17) is 0 Å². The van der Waals surface area contributed by atoms with Gasteiger partial charge in [-0.2, -0.15) is 0 Å². The molecular formula is C38H31N3S. The van der Waals surface area contributed by atoms with Gasteiger partial charge in [-0.3, -0.25) is 5.32 Å². The minimum absolute atomic E-state index is 0.0915. The Morgan fingerprint density at radius 3 is 2.57 bits per heavy atom. The van der Waals surface area contributed by atoms with Crippen molar-refractivity contribution in [2.24, 2.45) is 5.92 Å². The number of allylic oxidation sites excluding steroid dienone is 7. The minimum atomic E-state index is -0.0915. The van der Waals surface area contributed by atoms with Gasteiger partial charge in [0.1, 0.15) is 0 Å². The molecule has 4 aromatic carbocycles. The lowest BCUT2D eigenvalue weighted by atomic mass is 9.83. The number of hydrogen-bond acceptors (Lipinski definition) is 3. The maximum absolute atomic E-state index is 4.11. The zero-order valence-corrected chi connectivity index (χ0v) is 24.1. The van der Waals surface area contributed by atoms with Crippen LogP contribution in [-0.2, 0) is 0 Å². The van der Waals surface area contributed by atoms with Gasteiger partial charge in [0.25, 0.3) is 0 Å². The lowest BCUT2D eigenvalue weighted by molar-refractivity contribution is 0.221. The molecule has 6 aromatic rings. The Morgan fingerprint density at radius 2 is 1.64 bits per heavy atom. The van der Waals surface area contributed by atoms with Gasteiger partial charge < -0.3 is 9.88 Å². The van der Waals surface area contributed by atoms with Crippen LogP contribution in [0.5, 0.6) is 0 Å². The Bertz CT molecular complexity index is 2150. The fourth-order valence-corrected chi connectivity index (χ4v) is 8.43. The largest absolute Gasteiger partial charge is 0.356 e. The first-order valence-corrected chi connectivity index (χ1v) is 15.8. The fourth-order valence-electron chi connectivity index (χ4n) is 7.31. The SMILES string of the molecule is C1=CCC2C(=C1)NC(n1c3ccccc3c3cc4sc5ccccc5c4cc31)NC2c1cccc(C2=CCCC=C2)c1. The normalized spacial score (nSPS) is 22.0. The molecule has 42 heavy (non-hydrogen) atoms. The molecule has 1 aliphatic heterocycles. The van der Waals surface area contributed by atoms with E-state index in [1.165, 1.54) is 64.4 Å². The third-order valence-corrected chi connectivity index (χ3v) is 10.4. The molecule has 3 atom stereocenters. The van der Waals surface area contributed by atoms with Gasteiger partial charge in [-0.15, -0.1) is 11.3 Å². The van der Waals surface area contributed by atoms with Crippen LogP contribution < -0.4 is 10.6 Å². The minimum Gasteiger partial charge on any atom is -0.356 e. The lowest BCUT2D eigenvalue weighted by Crippen LogP contribution is -2.50. The van der Waals surface area contributed by atoms with Crippen molar-refractivity contribution >= 4 is 58.9 Å².